The predicted molar refractivity (Wildman–Crippen MR) is 102 cm³/mol. The monoisotopic (exact) mass is 424 g/mol. The maximum Gasteiger partial charge on any atom is 0.333 e. The zero-order chi connectivity index (χ0) is 23.3. The first-order valence-corrected chi connectivity index (χ1v) is 7.58. The number of hydrogen-bond donors (Lipinski definition) is 5. The molecule has 11 heteroatoms. The molecule has 0 aromatic carbocycles. The van der Waals surface area contributed by atoms with Crippen LogP contribution < -0.4 is 0 Å². The van der Waals surface area contributed by atoms with Gasteiger partial charge >= 0.3 is 23.9 Å². The first-order chi connectivity index (χ1) is 12.8. The van der Waals surface area contributed by atoms with E-state index in [1.165, 1.54) is 18.5 Å². The number of aliphatic carboxylic acids is 3. The lowest BCUT2D eigenvalue weighted by molar-refractivity contribution is -0.152. The summed E-state index contributed by atoms with van der Waals surface area (Å²) in [5.41, 5.74) is 1.03. The van der Waals surface area contributed by atoms with E-state index in [0.717, 1.165) is 6.26 Å². The Balaban J connectivity index is -0.000000147. The van der Waals surface area contributed by atoms with Gasteiger partial charge in [0.1, 0.15) is 0 Å². The largest absolute Gasteiger partial charge is 0.481 e. The molecular weight excluding hydrogens is 400 g/mol. The zero-order valence-electron chi connectivity index (χ0n) is 15.3. The van der Waals surface area contributed by atoms with Crippen LogP contribution in [0.1, 0.15) is 19.8 Å². The topological polar surface area (TPSA) is 179 Å². The molecule has 0 aliphatic rings. The van der Waals surface area contributed by atoms with Gasteiger partial charge in [-0.25, -0.2) is 9.59 Å². The summed E-state index contributed by atoms with van der Waals surface area (Å²) in [4.78, 5) is 39.3. The number of carboxylic acids is 3. The van der Waals surface area contributed by atoms with Gasteiger partial charge in [0.05, 0.1) is 24.4 Å². The number of rotatable bonds is 8. The Kier molecular flexibility index (Phi) is 25.8. The predicted octanol–water partition coefficient (Wildman–Crippen LogP) is 1.53. The summed E-state index contributed by atoms with van der Waals surface area (Å²) in [6, 6.07) is 0. The van der Waals surface area contributed by atoms with Gasteiger partial charge in [-0.1, -0.05) is 37.4 Å². The standard InChI is InChI=1S/C7H10O3.C4H6O5.C4H6O2.C2H3Cl/c1-3-4-6(8)5(2)7(9)10;5-2(4(8)9)1-3(6)7;1-3-6-4(2)5;1-2-3/h3,6,8H,1-2,4H2,(H,9,10);2,5H,1H2,(H,6,7)(H,8,9);3H,1H2,2H3;2H,1H2. The van der Waals surface area contributed by atoms with E-state index in [4.69, 9.17) is 37.1 Å². The quantitative estimate of drug-likeness (QED) is 0.166. The van der Waals surface area contributed by atoms with Crippen molar-refractivity contribution in [2.45, 2.75) is 32.0 Å². The van der Waals surface area contributed by atoms with Crippen molar-refractivity contribution in [3.05, 3.63) is 49.8 Å². The Morgan fingerprint density at radius 3 is 1.61 bits per heavy atom. The highest BCUT2D eigenvalue weighted by atomic mass is 35.5. The van der Waals surface area contributed by atoms with Crippen molar-refractivity contribution in [3.63, 3.8) is 0 Å². The van der Waals surface area contributed by atoms with Gasteiger partial charge in [0.15, 0.2) is 6.10 Å². The third kappa shape index (κ3) is 30.9. The van der Waals surface area contributed by atoms with Crippen LogP contribution in [0.2, 0.25) is 0 Å². The third-order valence-corrected chi connectivity index (χ3v) is 1.97. The zero-order valence-corrected chi connectivity index (χ0v) is 16.0. The second kappa shape index (κ2) is 22.1. The SMILES string of the molecule is C=CCC(O)C(=C)C(=O)O.C=CCl.C=COC(C)=O.O=C(O)CC(O)C(=O)O. The molecule has 0 amide bonds. The van der Waals surface area contributed by atoms with Gasteiger partial charge in [0, 0.05) is 6.92 Å². The highest BCUT2D eigenvalue weighted by Crippen LogP contribution is 2.03. The van der Waals surface area contributed by atoms with Crippen molar-refractivity contribution in [2.75, 3.05) is 0 Å². The van der Waals surface area contributed by atoms with E-state index in [0.29, 0.717) is 0 Å². The third-order valence-electron chi connectivity index (χ3n) is 1.97. The molecule has 2 atom stereocenters. The van der Waals surface area contributed by atoms with Gasteiger partial charge in [-0.2, -0.15) is 0 Å². The molecule has 0 bridgehead atoms. The van der Waals surface area contributed by atoms with Crippen molar-refractivity contribution in [3.8, 4) is 0 Å². The number of carboxylic acid groups (broad SMARTS) is 3. The van der Waals surface area contributed by atoms with Gasteiger partial charge in [-0.15, -0.1) is 6.58 Å². The molecule has 28 heavy (non-hydrogen) atoms. The summed E-state index contributed by atoms with van der Waals surface area (Å²) in [7, 11) is 0. The number of carbonyl (C=O) groups is 4. The van der Waals surface area contributed by atoms with E-state index in [-0.39, 0.29) is 18.0 Å². The molecule has 0 aliphatic carbocycles. The molecular formula is C17H25ClO10. The molecule has 5 N–H and O–H groups in total. The minimum atomic E-state index is -1.79. The van der Waals surface area contributed by atoms with Crippen molar-refractivity contribution in [2.24, 2.45) is 0 Å². The summed E-state index contributed by atoms with van der Waals surface area (Å²) in [5, 5.41) is 41.4. The van der Waals surface area contributed by atoms with E-state index in [9.17, 15) is 19.2 Å². The number of ether oxygens (including phenoxy) is 1. The van der Waals surface area contributed by atoms with Gasteiger partial charge in [0.2, 0.25) is 0 Å². The Morgan fingerprint density at radius 2 is 1.46 bits per heavy atom. The maximum atomic E-state index is 10.1. The molecule has 2 unspecified atom stereocenters. The van der Waals surface area contributed by atoms with Crippen molar-refractivity contribution in [1.29, 1.82) is 0 Å². The molecule has 0 radical (unpaired) electrons. The maximum absolute atomic E-state index is 10.1. The molecule has 160 valence electrons. The molecule has 0 saturated carbocycles. The Morgan fingerprint density at radius 1 is 1.04 bits per heavy atom. The van der Waals surface area contributed by atoms with Gasteiger partial charge in [-0.05, 0) is 12.0 Å². The molecule has 0 fully saturated rings. The summed E-state index contributed by atoms with van der Waals surface area (Å²) in [5.74, 6) is -4.35. The second-order valence-electron chi connectivity index (χ2n) is 4.25. The number of hydrogen-bond acceptors (Lipinski definition) is 7. The van der Waals surface area contributed by atoms with Crippen LogP contribution >= 0.6 is 11.6 Å². The molecule has 10 nitrogen and oxygen atoms in total. The summed E-state index contributed by atoms with van der Waals surface area (Å²) in [6.45, 7) is 14.1. The smallest absolute Gasteiger partial charge is 0.333 e. The highest BCUT2D eigenvalue weighted by Gasteiger charge is 2.16. The van der Waals surface area contributed by atoms with Gasteiger partial charge in [0.25, 0.3) is 0 Å². The van der Waals surface area contributed by atoms with Crippen LogP contribution in [-0.4, -0.2) is 61.6 Å². The average Bonchev–Trinajstić information content (AvgIpc) is 2.55. The van der Waals surface area contributed by atoms with Gasteiger partial charge in [-0.3, -0.25) is 9.59 Å². The number of aliphatic hydroxyl groups is 2. The minimum absolute atomic E-state index is 0.195. The second-order valence-corrected chi connectivity index (χ2v) is 4.56. The molecule has 0 saturated heterocycles. The van der Waals surface area contributed by atoms with Crippen LogP contribution in [0.15, 0.2) is 49.8 Å². The van der Waals surface area contributed by atoms with Crippen molar-refractivity contribution >= 4 is 35.5 Å². The first-order valence-electron chi connectivity index (χ1n) is 7.15. The molecule has 0 aliphatic heterocycles. The van der Waals surface area contributed by atoms with E-state index >= 15 is 0 Å². The Hall–Kier alpha value is -2.95. The lowest BCUT2D eigenvalue weighted by atomic mass is 10.1. The molecule has 0 aromatic heterocycles. The Labute approximate surface area is 167 Å². The summed E-state index contributed by atoms with van der Waals surface area (Å²) < 4.78 is 4.17. The van der Waals surface area contributed by atoms with E-state index < -0.39 is 36.5 Å². The molecule has 0 aromatic rings. The van der Waals surface area contributed by atoms with Crippen molar-refractivity contribution in [1.82, 2.24) is 0 Å². The number of aliphatic hydroxyl groups excluding tert-OH is 2. The average molecular weight is 425 g/mol. The lowest BCUT2D eigenvalue weighted by Gasteiger charge is -2.05. The molecule has 0 heterocycles. The Bertz CT molecular complexity index is 542. The minimum Gasteiger partial charge on any atom is -0.481 e. The first kappa shape index (κ1) is 32.7. The van der Waals surface area contributed by atoms with Crippen LogP contribution in [0.3, 0.4) is 0 Å². The number of halogens is 1. The van der Waals surface area contributed by atoms with Crippen molar-refractivity contribution < 1.29 is 49.4 Å². The van der Waals surface area contributed by atoms with Crippen LogP contribution in [-0.2, 0) is 23.9 Å². The van der Waals surface area contributed by atoms with Crippen LogP contribution in [0.25, 0.3) is 0 Å². The van der Waals surface area contributed by atoms with E-state index in [1.54, 1.807) is 0 Å². The fourth-order valence-corrected chi connectivity index (χ4v) is 0.813. The fraction of sp³-hybridized carbons (Fsp3) is 0.294. The number of esters is 1. The normalized spacial score (nSPS) is 10.3. The van der Waals surface area contributed by atoms with Crippen LogP contribution in [0, 0.1) is 0 Å². The molecule has 0 rings (SSSR count). The summed E-state index contributed by atoms with van der Waals surface area (Å²) >= 11 is 4.76. The van der Waals surface area contributed by atoms with Crippen LogP contribution in [0.5, 0.6) is 0 Å². The highest BCUT2D eigenvalue weighted by molar-refractivity contribution is 6.25. The lowest BCUT2D eigenvalue weighted by Crippen LogP contribution is -2.22. The van der Waals surface area contributed by atoms with E-state index in [1.807, 2.05) is 0 Å². The fourth-order valence-electron chi connectivity index (χ4n) is 0.813. The van der Waals surface area contributed by atoms with Gasteiger partial charge < -0.3 is 30.3 Å². The molecule has 0 spiro atoms. The number of carbonyl (C=O) groups excluding carboxylic acids is 1. The van der Waals surface area contributed by atoms with E-state index in [2.05, 4.69) is 31.1 Å². The van der Waals surface area contributed by atoms with Crippen LogP contribution in [0.4, 0.5) is 0 Å². The summed E-state index contributed by atoms with van der Waals surface area (Å²) in [6.07, 6.45) is -0.779.